The van der Waals surface area contributed by atoms with E-state index in [9.17, 15) is 4.39 Å². The Balaban J connectivity index is 1.72. The lowest BCUT2D eigenvalue weighted by molar-refractivity contribution is 0.241. The summed E-state index contributed by atoms with van der Waals surface area (Å²) in [4.78, 5) is 4.23. The zero-order chi connectivity index (χ0) is 15.5. The maximum absolute atomic E-state index is 13.0. The van der Waals surface area contributed by atoms with E-state index in [0.717, 1.165) is 5.56 Å². The van der Waals surface area contributed by atoms with Gasteiger partial charge in [0, 0.05) is 10.6 Å². The van der Waals surface area contributed by atoms with E-state index in [-0.39, 0.29) is 12.4 Å². The molecule has 0 aliphatic rings. The van der Waals surface area contributed by atoms with Gasteiger partial charge in [0.1, 0.15) is 11.6 Å². The number of aromatic nitrogens is 2. The van der Waals surface area contributed by atoms with Gasteiger partial charge in [0.05, 0.1) is 4.47 Å². The molecule has 7 heteroatoms. The van der Waals surface area contributed by atoms with Gasteiger partial charge < -0.3 is 9.26 Å². The monoisotopic (exact) mass is 382 g/mol. The Morgan fingerprint density at radius 1 is 1.23 bits per heavy atom. The van der Waals surface area contributed by atoms with Crippen LogP contribution >= 0.6 is 27.5 Å². The van der Waals surface area contributed by atoms with Gasteiger partial charge in [-0.3, -0.25) is 0 Å². The molecule has 22 heavy (non-hydrogen) atoms. The maximum atomic E-state index is 13.0. The zero-order valence-electron chi connectivity index (χ0n) is 11.1. The van der Waals surface area contributed by atoms with E-state index in [1.165, 1.54) is 18.2 Å². The minimum absolute atomic E-state index is 0.0811. The Bertz CT molecular complexity index is 810. The van der Waals surface area contributed by atoms with Gasteiger partial charge in [0.25, 0.3) is 5.89 Å². The minimum atomic E-state index is -0.347. The quantitative estimate of drug-likeness (QED) is 0.645. The first kappa shape index (κ1) is 15.0. The normalized spacial score (nSPS) is 10.7. The lowest BCUT2D eigenvalue weighted by atomic mass is 10.2. The smallest absolute Gasteiger partial charge is 0.264 e. The Hall–Kier alpha value is -1.92. The van der Waals surface area contributed by atoms with Gasteiger partial charge >= 0.3 is 0 Å². The standard InChI is InChI=1S/C15H9BrClFN2O2/c16-12-7-11(18)4-5-13(12)21-8-14-19-15(20-22-14)9-2-1-3-10(17)6-9/h1-7H,8H2. The summed E-state index contributed by atoms with van der Waals surface area (Å²) >= 11 is 9.15. The average molecular weight is 384 g/mol. The molecule has 4 nitrogen and oxygen atoms in total. The highest BCUT2D eigenvalue weighted by atomic mass is 79.9. The van der Waals surface area contributed by atoms with E-state index >= 15 is 0 Å². The summed E-state index contributed by atoms with van der Waals surface area (Å²) in [7, 11) is 0. The van der Waals surface area contributed by atoms with Gasteiger partial charge in [0.2, 0.25) is 5.82 Å². The minimum Gasteiger partial charge on any atom is -0.483 e. The molecule has 112 valence electrons. The summed E-state index contributed by atoms with van der Waals surface area (Å²) in [6.45, 7) is 0.0811. The Morgan fingerprint density at radius 3 is 2.86 bits per heavy atom. The van der Waals surface area contributed by atoms with E-state index in [0.29, 0.717) is 27.0 Å². The third-order valence-electron chi connectivity index (χ3n) is 2.80. The molecular weight excluding hydrogens is 375 g/mol. The van der Waals surface area contributed by atoms with E-state index in [4.69, 9.17) is 20.9 Å². The zero-order valence-corrected chi connectivity index (χ0v) is 13.4. The van der Waals surface area contributed by atoms with Crippen molar-refractivity contribution in [2.45, 2.75) is 6.61 Å². The highest BCUT2D eigenvalue weighted by Gasteiger charge is 2.10. The molecule has 0 saturated carbocycles. The second kappa shape index (κ2) is 6.46. The molecule has 1 heterocycles. The van der Waals surface area contributed by atoms with Crippen LogP contribution in [0.25, 0.3) is 11.4 Å². The Kier molecular flexibility index (Phi) is 4.40. The number of benzene rings is 2. The average Bonchev–Trinajstić information content (AvgIpc) is 2.95. The van der Waals surface area contributed by atoms with Crippen molar-refractivity contribution in [3.05, 3.63) is 63.7 Å². The Morgan fingerprint density at radius 2 is 2.09 bits per heavy atom. The molecule has 0 aliphatic carbocycles. The molecule has 0 amide bonds. The molecule has 0 fully saturated rings. The summed E-state index contributed by atoms with van der Waals surface area (Å²) in [5.74, 6) is 0.884. The van der Waals surface area contributed by atoms with Gasteiger partial charge in [0.15, 0.2) is 6.61 Å². The maximum Gasteiger partial charge on any atom is 0.264 e. The van der Waals surface area contributed by atoms with Crippen molar-refractivity contribution in [2.75, 3.05) is 0 Å². The van der Waals surface area contributed by atoms with Crippen LogP contribution in [0.2, 0.25) is 5.02 Å². The fraction of sp³-hybridized carbons (Fsp3) is 0.0667. The van der Waals surface area contributed by atoms with Crippen LogP contribution in [0.1, 0.15) is 5.89 Å². The van der Waals surface area contributed by atoms with Crippen LogP contribution in [-0.4, -0.2) is 10.1 Å². The first-order chi connectivity index (χ1) is 10.6. The first-order valence-corrected chi connectivity index (χ1v) is 7.45. The van der Waals surface area contributed by atoms with Crippen LogP contribution in [0.3, 0.4) is 0 Å². The van der Waals surface area contributed by atoms with Gasteiger partial charge in [-0.05, 0) is 46.3 Å². The largest absolute Gasteiger partial charge is 0.483 e. The molecule has 0 atom stereocenters. The summed E-state index contributed by atoms with van der Waals surface area (Å²) in [6.07, 6.45) is 0. The topological polar surface area (TPSA) is 48.2 Å². The number of rotatable bonds is 4. The van der Waals surface area contributed by atoms with Crippen LogP contribution in [-0.2, 0) is 6.61 Å². The fourth-order valence-electron chi connectivity index (χ4n) is 1.79. The lowest BCUT2D eigenvalue weighted by Crippen LogP contribution is -1.96. The molecule has 3 aromatic rings. The van der Waals surface area contributed by atoms with Crippen molar-refractivity contribution in [3.8, 4) is 17.1 Å². The van der Waals surface area contributed by atoms with Gasteiger partial charge in [-0.1, -0.05) is 28.9 Å². The molecule has 0 unspecified atom stereocenters. The van der Waals surface area contributed by atoms with Gasteiger partial charge in [-0.2, -0.15) is 4.98 Å². The molecule has 0 spiro atoms. The van der Waals surface area contributed by atoms with E-state index in [2.05, 4.69) is 26.1 Å². The van der Waals surface area contributed by atoms with E-state index in [1.54, 1.807) is 18.2 Å². The van der Waals surface area contributed by atoms with Crippen molar-refractivity contribution in [2.24, 2.45) is 0 Å². The molecular formula is C15H9BrClFN2O2. The van der Waals surface area contributed by atoms with Crippen LogP contribution < -0.4 is 4.74 Å². The predicted octanol–water partition coefficient (Wildman–Crippen LogP) is 4.87. The summed E-state index contributed by atoms with van der Waals surface area (Å²) in [5, 5.41) is 4.47. The van der Waals surface area contributed by atoms with Crippen molar-refractivity contribution in [1.82, 2.24) is 10.1 Å². The van der Waals surface area contributed by atoms with E-state index < -0.39 is 0 Å². The van der Waals surface area contributed by atoms with Crippen molar-refractivity contribution in [3.63, 3.8) is 0 Å². The third-order valence-corrected chi connectivity index (χ3v) is 3.65. The summed E-state index contributed by atoms with van der Waals surface area (Å²) in [6, 6.07) is 11.3. The number of hydrogen-bond donors (Lipinski definition) is 0. The number of hydrogen-bond acceptors (Lipinski definition) is 4. The molecule has 0 bridgehead atoms. The first-order valence-electron chi connectivity index (χ1n) is 6.28. The SMILES string of the molecule is Fc1ccc(OCc2nc(-c3cccc(Cl)c3)no2)c(Br)c1. The second-order valence-electron chi connectivity index (χ2n) is 4.39. The van der Waals surface area contributed by atoms with Crippen LogP contribution in [0.5, 0.6) is 5.75 Å². The number of ether oxygens (including phenoxy) is 1. The molecule has 3 rings (SSSR count). The summed E-state index contributed by atoms with van der Waals surface area (Å²) in [5.41, 5.74) is 0.755. The highest BCUT2D eigenvalue weighted by molar-refractivity contribution is 9.10. The molecule has 0 radical (unpaired) electrons. The van der Waals surface area contributed by atoms with Crippen molar-refractivity contribution >= 4 is 27.5 Å². The van der Waals surface area contributed by atoms with Crippen molar-refractivity contribution in [1.29, 1.82) is 0 Å². The van der Waals surface area contributed by atoms with Crippen molar-refractivity contribution < 1.29 is 13.7 Å². The van der Waals surface area contributed by atoms with Crippen LogP contribution in [0, 0.1) is 5.82 Å². The van der Waals surface area contributed by atoms with Crippen LogP contribution in [0.4, 0.5) is 4.39 Å². The van der Waals surface area contributed by atoms with E-state index in [1.807, 2.05) is 6.07 Å². The molecule has 2 aromatic carbocycles. The second-order valence-corrected chi connectivity index (χ2v) is 5.68. The molecule has 0 saturated heterocycles. The van der Waals surface area contributed by atoms with Gasteiger partial charge in [-0.25, -0.2) is 4.39 Å². The molecule has 1 aromatic heterocycles. The van der Waals surface area contributed by atoms with Gasteiger partial charge in [-0.15, -0.1) is 0 Å². The third kappa shape index (κ3) is 3.45. The number of nitrogens with zero attached hydrogens (tertiary/aromatic N) is 2. The van der Waals surface area contributed by atoms with Crippen LogP contribution in [0.15, 0.2) is 51.5 Å². The molecule has 0 aliphatic heterocycles. The Labute approximate surface area is 139 Å². The predicted molar refractivity (Wildman–Crippen MR) is 83.2 cm³/mol. The molecule has 0 N–H and O–H groups in total. The number of halogens is 3. The highest BCUT2D eigenvalue weighted by Crippen LogP contribution is 2.26. The summed E-state index contributed by atoms with van der Waals surface area (Å²) < 4.78 is 24.2. The fourth-order valence-corrected chi connectivity index (χ4v) is 2.45. The lowest BCUT2D eigenvalue weighted by Gasteiger charge is -2.05.